The van der Waals surface area contributed by atoms with Crippen molar-refractivity contribution in [2.45, 2.75) is 14.1 Å². The van der Waals surface area contributed by atoms with Gasteiger partial charge in [0.25, 0.3) is 17.7 Å². The van der Waals surface area contributed by atoms with Gasteiger partial charge in [0.05, 0.1) is 37.4 Å². The van der Waals surface area contributed by atoms with E-state index in [9.17, 15) is 19.2 Å². The quantitative estimate of drug-likeness (QED) is 0.199. The molecule has 3 aliphatic rings. The summed E-state index contributed by atoms with van der Waals surface area (Å²) < 4.78 is -2.15. The van der Waals surface area contributed by atoms with Gasteiger partial charge in [0.15, 0.2) is 10.1 Å². The summed E-state index contributed by atoms with van der Waals surface area (Å²) in [5.74, 6) is -6.43. The third-order valence-electron chi connectivity index (χ3n) is 6.61. The van der Waals surface area contributed by atoms with Crippen molar-refractivity contribution in [1.29, 1.82) is 0 Å². The molecule has 37 heavy (non-hydrogen) atoms. The minimum absolute atomic E-state index is 0.0682. The Kier molecular flexibility index (Phi) is 6.88. The Labute approximate surface area is 253 Å². The molecule has 1 aromatic carbocycles. The van der Waals surface area contributed by atoms with Crippen LogP contribution in [0.15, 0.2) is 45.8 Å². The molecule has 2 heterocycles. The topological polar surface area (TPSA) is 74.8 Å². The van der Waals surface area contributed by atoms with Gasteiger partial charge in [0.1, 0.15) is 16.3 Å². The number of alkyl halides is 4. The monoisotopic (exact) mass is 678 g/mol. The molecule has 2 fully saturated rings. The lowest BCUT2D eigenvalue weighted by Gasteiger charge is -2.36. The molecule has 0 N–H and O–H groups in total. The fourth-order valence-electron chi connectivity index (χ4n) is 4.90. The van der Waals surface area contributed by atoms with Crippen LogP contribution in [0.2, 0.25) is 10.0 Å². The second kappa shape index (κ2) is 9.15. The van der Waals surface area contributed by atoms with Gasteiger partial charge in [0, 0.05) is 5.02 Å². The Morgan fingerprint density at radius 3 is 1.97 bits per heavy atom. The van der Waals surface area contributed by atoms with Gasteiger partial charge in [-0.3, -0.25) is 19.2 Å². The molecule has 1 saturated heterocycles. The van der Waals surface area contributed by atoms with E-state index in [0.29, 0.717) is 10.0 Å². The summed E-state index contributed by atoms with van der Waals surface area (Å²) >= 11 is 52.5. The first-order valence-electron chi connectivity index (χ1n) is 10.2. The number of halogens is 8. The number of allylic oxidation sites excluding steroid dienone is 2. The van der Waals surface area contributed by atoms with Gasteiger partial charge < -0.3 is 0 Å². The zero-order valence-corrected chi connectivity index (χ0v) is 24.6. The first kappa shape index (κ1) is 27.8. The minimum atomic E-state index is -2.15. The average molecular weight is 682 g/mol. The fraction of sp³-hybridized carbons (Fsp3) is 0.273. The Morgan fingerprint density at radius 1 is 0.919 bits per heavy atom. The van der Waals surface area contributed by atoms with E-state index < -0.39 is 56.0 Å². The molecule has 3 amide bonds. The number of Topliss-reactive ketones (excluding diaryl/α,β-unsaturated/α-hetero) is 1. The number of rotatable bonds is 5. The summed E-state index contributed by atoms with van der Waals surface area (Å²) in [7, 11) is 0. The number of carbonyl (C=O) groups excluding carboxylic acids is 4. The van der Waals surface area contributed by atoms with E-state index >= 15 is 0 Å². The van der Waals surface area contributed by atoms with Crippen LogP contribution in [-0.4, -0.2) is 54.1 Å². The molecule has 0 radical (unpaired) electrons. The number of nitrogens with zero attached hydrogens (tertiary/aromatic N) is 2. The summed E-state index contributed by atoms with van der Waals surface area (Å²) in [5.41, 5.74) is -0.120. The summed E-state index contributed by atoms with van der Waals surface area (Å²) in [6, 6.07) is 7.17. The van der Waals surface area contributed by atoms with Gasteiger partial charge in [0.2, 0.25) is 0 Å². The van der Waals surface area contributed by atoms with Crippen molar-refractivity contribution in [2.75, 3.05) is 6.54 Å². The maximum absolute atomic E-state index is 13.8. The molecule has 15 heteroatoms. The number of benzene rings is 1. The van der Waals surface area contributed by atoms with Crippen LogP contribution in [0.1, 0.15) is 20.0 Å². The van der Waals surface area contributed by atoms with Crippen molar-refractivity contribution in [1.82, 2.24) is 10.0 Å². The summed E-state index contributed by atoms with van der Waals surface area (Å²) in [6.07, 6.45) is 0. The van der Waals surface area contributed by atoms with Crippen molar-refractivity contribution < 1.29 is 19.2 Å². The third-order valence-corrected chi connectivity index (χ3v) is 12.3. The van der Waals surface area contributed by atoms with Crippen LogP contribution in [0.4, 0.5) is 0 Å². The maximum Gasteiger partial charge on any atom is 0.274 e. The van der Waals surface area contributed by atoms with Gasteiger partial charge in [-0.2, -0.15) is 5.01 Å². The van der Waals surface area contributed by atoms with E-state index in [4.69, 9.17) is 92.8 Å². The third kappa shape index (κ3) is 3.52. The predicted molar refractivity (Wildman–Crippen MR) is 145 cm³/mol. The first-order valence-corrected chi connectivity index (χ1v) is 14.1. The highest BCUT2D eigenvalue weighted by Crippen LogP contribution is 2.77. The summed E-state index contributed by atoms with van der Waals surface area (Å²) in [5, 5.41) is 2.47. The van der Waals surface area contributed by atoms with Crippen molar-refractivity contribution in [3.63, 3.8) is 0 Å². The van der Waals surface area contributed by atoms with Crippen LogP contribution < -0.4 is 0 Å². The Morgan fingerprint density at radius 2 is 1.49 bits per heavy atom. The van der Waals surface area contributed by atoms with Crippen LogP contribution >= 0.6 is 104 Å². The Bertz CT molecular complexity index is 1380. The first-order chi connectivity index (χ1) is 17.2. The van der Waals surface area contributed by atoms with E-state index in [1.54, 1.807) is 11.4 Å². The number of fused-ring (bicyclic) bond motifs is 5. The Balaban J connectivity index is 1.62. The maximum atomic E-state index is 13.8. The number of imide groups is 1. The van der Waals surface area contributed by atoms with Crippen LogP contribution in [0.25, 0.3) is 0 Å². The highest BCUT2D eigenvalue weighted by Gasteiger charge is 2.88. The lowest BCUT2D eigenvalue weighted by atomic mass is 9.84. The predicted octanol–water partition coefficient (Wildman–Crippen LogP) is 6.74. The molecule has 6 nitrogen and oxygen atoms in total. The van der Waals surface area contributed by atoms with E-state index in [-0.39, 0.29) is 30.6 Å². The molecule has 4 atom stereocenters. The van der Waals surface area contributed by atoms with Gasteiger partial charge in [-0.15, -0.1) is 34.5 Å². The summed E-state index contributed by atoms with van der Waals surface area (Å²) in [6.45, 7) is -0.693. The van der Waals surface area contributed by atoms with Crippen LogP contribution in [0, 0.1) is 11.8 Å². The molecular formula is C22H10Cl8N2O4S. The lowest BCUT2D eigenvalue weighted by Crippen LogP contribution is -2.56. The highest BCUT2D eigenvalue weighted by molar-refractivity contribution is 7.12. The van der Waals surface area contributed by atoms with Gasteiger partial charge in [-0.05, 0) is 29.6 Å². The van der Waals surface area contributed by atoms with E-state index in [1.165, 1.54) is 24.3 Å². The van der Waals surface area contributed by atoms with Gasteiger partial charge in [-0.1, -0.05) is 75.7 Å². The van der Waals surface area contributed by atoms with E-state index in [2.05, 4.69) is 0 Å². The Hall–Kier alpha value is -0.740. The number of hydrogen-bond acceptors (Lipinski definition) is 5. The van der Waals surface area contributed by atoms with Gasteiger partial charge >= 0.3 is 0 Å². The minimum Gasteiger partial charge on any atom is -0.291 e. The SMILES string of the molecule is O=C(CN(C(=O)c1ccc(Cl)cc1Cl)N1C(=O)[C@@H]2[C@H](C1=O)[C@@]1(Cl)C(Cl)=C(Cl)[C@@]2(Cl)C1(Cl)Cl)c1cccs1. The number of thiophene rings is 1. The zero-order chi connectivity index (χ0) is 27.2. The van der Waals surface area contributed by atoms with Crippen molar-refractivity contribution >= 4 is 128 Å². The molecular weight excluding hydrogens is 672 g/mol. The van der Waals surface area contributed by atoms with E-state index in [0.717, 1.165) is 11.3 Å². The molecule has 0 spiro atoms. The second-order valence-electron chi connectivity index (χ2n) is 8.46. The molecule has 2 bridgehead atoms. The van der Waals surface area contributed by atoms with Crippen LogP contribution in [0.3, 0.4) is 0 Å². The lowest BCUT2D eigenvalue weighted by molar-refractivity contribution is -0.154. The van der Waals surface area contributed by atoms with Crippen LogP contribution in [0.5, 0.6) is 0 Å². The van der Waals surface area contributed by atoms with E-state index in [1.807, 2.05) is 0 Å². The molecule has 2 aliphatic carbocycles. The number of carbonyl (C=O) groups is 4. The highest BCUT2D eigenvalue weighted by atomic mass is 35.5. The fourth-order valence-corrected chi connectivity index (χ4v) is 8.98. The van der Waals surface area contributed by atoms with Crippen molar-refractivity contribution in [3.8, 4) is 0 Å². The molecule has 5 rings (SSSR count). The van der Waals surface area contributed by atoms with Gasteiger partial charge in [-0.25, -0.2) is 5.01 Å². The number of amides is 3. The standard InChI is InChI=1S/C22H10Cl8N2O4S/c23-8-3-4-9(10(24)6-8)17(34)31(7-11(33)12-2-1-5-37-12)32-18(35)13-14(19(32)36)21(28)16(26)15(25)20(13,27)22(21,29)30/h1-6,13-14H,7H2/t13-,14+,20-,21-/m1/s1. The molecule has 2 aromatic rings. The normalized spacial score (nSPS) is 29.8. The smallest absolute Gasteiger partial charge is 0.274 e. The van der Waals surface area contributed by atoms with Crippen LogP contribution in [-0.2, 0) is 9.59 Å². The largest absolute Gasteiger partial charge is 0.291 e. The second-order valence-corrected chi connectivity index (χ2v) is 13.5. The average Bonchev–Trinajstić information content (AvgIpc) is 3.51. The molecule has 1 saturated carbocycles. The van der Waals surface area contributed by atoms with Crippen molar-refractivity contribution in [3.05, 3.63) is 66.3 Å². The number of hydrazine groups is 1. The molecule has 1 aliphatic heterocycles. The number of hydrogen-bond donors (Lipinski definition) is 0. The molecule has 1 aromatic heterocycles. The molecule has 0 unspecified atom stereocenters. The van der Waals surface area contributed by atoms with Crippen molar-refractivity contribution in [2.24, 2.45) is 11.8 Å². The number of ketones is 1. The molecule has 194 valence electrons. The zero-order valence-electron chi connectivity index (χ0n) is 17.8. The summed E-state index contributed by atoms with van der Waals surface area (Å²) in [4.78, 5) is 50.5.